The van der Waals surface area contributed by atoms with Gasteiger partial charge in [0.05, 0.1) is 16.3 Å². The van der Waals surface area contributed by atoms with Crippen LogP contribution in [-0.2, 0) is 5.88 Å². The second-order valence-corrected chi connectivity index (χ2v) is 5.01. The lowest BCUT2D eigenvalue weighted by molar-refractivity contribution is 0.535. The van der Waals surface area contributed by atoms with Gasteiger partial charge in [0, 0.05) is 4.88 Å². The van der Waals surface area contributed by atoms with Crippen molar-refractivity contribution in [3.8, 4) is 0 Å². The van der Waals surface area contributed by atoms with Crippen LogP contribution in [0.15, 0.2) is 12.1 Å². The molecule has 4 nitrogen and oxygen atoms in total. The Labute approximate surface area is 101 Å². The molecule has 2 heterocycles. The average Bonchev–Trinajstić information content (AvgIpc) is 2.84. The van der Waals surface area contributed by atoms with E-state index in [2.05, 4.69) is 15.5 Å². The van der Waals surface area contributed by atoms with Crippen LogP contribution < -0.4 is 0 Å². The maximum Gasteiger partial charge on any atom is 0.166 e. The minimum absolute atomic E-state index is 0.0613. The van der Waals surface area contributed by atoms with Gasteiger partial charge in [0.1, 0.15) is 0 Å². The Kier molecular flexibility index (Phi) is 3.23. The predicted molar refractivity (Wildman–Crippen MR) is 60.5 cm³/mol. The quantitative estimate of drug-likeness (QED) is 0.800. The third-order valence-corrected chi connectivity index (χ3v) is 3.69. The molecule has 2 aromatic rings. The molecule has 0 radical (unpaired) electrons. The van der Waals surface area contributed by atoms with Crippen molar-refractivity contribution in [2.75, 3.05) is 0 Å². The summed E-state index contributed by atoms with van der Waals surface area (Å²) >= 11 is 13.1. The van der Waals surface area contributed by atoms with E-state index in [1.165, 1.54) is 11.3 Å². The maximum atomic E-state index is 5.87. The first-order valence-electron chi connectivity index (χ1n) is 4.30. The van der Waals surface area contributed by atoms with E-state index in [1.54, 1.807) is 4.68 Å². The minimum atomic E-state index is 0.0613. The first kappa shape index (κ1) is 10.9. The van der Waals surface area contributed by atoms with Gasteiger partial charge in [-0.25, -0.2) is 4.68 Å². The molecule has 15 heavy (non-hydrogen) atoms. The van der Waals surface area contributed by atoms with Crippen LogP contribution in [0, 0.1) is 0 Å². The highest BCUT2D eigenvalue weighted by Gasteiger charge is 2.15. The molecule has 1 atom stereocenters. The van der Waals surface area contributed by atoms with Gasteiger partial charge in [-0.1, -0.05) is 11.6 Å². The summed E-state index contributed by atoms with van der Waals surface area (Å²) in [7, 11) is 0. The fraction of sp³-hybridized carbons (Fsp3) is 0.375. The first-order valence-corrected chi connectivity index (χ1v) is 6.03. The molecule has 0 aliphatic heterocycles. The van der Waals surface area contributed by atoms with E-state index < -0.39 is 0 Å². The van der Waals surface area contributed by atoms with Crippen LogP contribution >= 0.6 is 34.5 Å². The van der Waals surface area contributed by atoms with Crippen molar-refractivity contribution in [2.24, 2.45) is 0 Å². The molecule has 1 unspecified atom stereocenters. The largest absolute Gasteiger partial charge is 0.220 e. The molecule has 0 aromatic carbocycles. The second kappa shape index (κ2) is 4.47. The number of thiophene rings is 1. The van der Waals surface area contributed by atoms with E-state index in [1.807, 2.05) is 19.1 Å². The standard InChI is InChI=1S/C8H8Cl2N4S/c1-5(6-2-3-7(10)15-6)14-8(4-9)11-12-13-14/h2-3,5H,4H2,1H3. The molecule has 0 aliphatic carbocycles. The van der Waals surface area contributed by atoms with Gasteiger partial charge in [0.15, 0.2) is 5.82 Å². The van der Waals surface area contributed by atoms with Gasteiger partial charge in [-0.15, -0.1) is 28.0 Å². The number of nitrogens with zero attached hydrogens (tertiary/aromatic N) is 4. The molecule has 0 N–H and O–H groups in total. The van der Waals surface area contributed by atoms with E-state index in [0.717, 1.165) is 9.21 Å². The van der Waals surface area contributed by atoms with Crippen LogP contribution in [-0.4, -0.2) is 20.2 Å². The Hall–Kier alpha value is -0.650. The zero-order valence-corrected chi connectivity index (χ0v) is 10.2. The Morgan fingerprint density at radius 2 is 2.33 bits per heavy atom. The molecule has 2 rings (SSSR count). The third-order valence-electron chi connectivity index (χ3n) is 2.05. The molecule has 0 spiro atoms. The number of aromatic nitrogens is 4. The van der Waals surface area contributed by atoms with Crippen molar-refractivity contribution in [1.82, 2.24) is 20.2 Å². The molecule has 0 aliphatic rings. The smallest absolute Gasteiger partial charge is 0.166 e. The molecule has 0 saturated carbocycles. The van der Waals surface area contributed by atoms with Gasteiger partial charge >= 0.3 is 0 Å². The van der Waals surface area contributed by atoms with Gasteiger partial charge in [0.2, 0.25) is 0 Å². The molecule has 0 saturated heterocycles. The Morgan fingerprint density at radius 1 is 1.53 bits per heavy atom. The Balaban J connectivity index is 2.31. The normalized spacial score (nSPS) is 13.0. The number of alkyl halides is 1. The fourth-order valence-corrected chi connectivity index (χ4v) is 2.55. The van der Waals surface area contributed by atoms with E-state index in [9.17, 15) is 0 Å². The number of tetrazole rings is 1. The summed E-state index contributed by atoms with van der Waals surface area (Å²) < 4.78 is 2.46. The summed E-state index contributed by atoms with van der Waals surface area (Å²) in [6.07, 6.45) is 0. The SMILES string of the molecule is CC(c1ccc(Cl)s1)n1nnnc1CCl. The van der Waals surface area contributed by atoms with Crippen LogP contribution in [0.2, 0.25) is 4.34 Å². The van der Waals surface area contributed by atoms with Crippen LogP contribution in [0.1, 0.15) is 23.7 Å². The molecule has 0 bridgehead atoms. The van der Waals surface area contributed by atoms with E-state index in [4.69, 9.17) is 23.2 Å². The summed E-state index contributed by atoms with van der Waals surface area (Å²) in [6, 6.07) is 3.89. The highest BCUT2D eigenvalue weighted by atomic mass is 35.5. The number of hydrogen-bond donors (Lipinski definition) is 0. The topological polar surface area (TPSA) is 43.6 Å². The number of hydrogen-bond acceptors (Lipinski definition) is 4. The average molecular weight is 263 g/mol. The van der Waals surface area contributed by atoms with Gasteiger partial charge in [0.25, 0.3) is 0 Å². The highest BCUT2D eigenvalue weighted by molar-refractivity contribution is 7.16. The van der Waals surface area contributed by atoms with Gasteiger partial charge < -0.3 is 0 Å². The van der Waals surface area contributed by atoms with E-state index in [-0.39, 0.29) is 6.04 Å². The van der Waals surface area contributed by atoms with Crippen LogP contribution in [0.4, 0.5) is 0 Å². The molecule has 0 fully saturated rings. The summed E-state index contributed by atoms with van der Waals surface area (Å²) in [5.74, 6) is 0.963. The molecular formula is C8H8Cl2N4S. The summed E-state index contributed by atoms with van der Waals surface area (Å²) in [5.41, 5.74) is 0. The Bertz CT molecular complexity index is 453. The molecular weight excluding hydrogens is 255 g/mol. The van der Waals surface area contributed by atoms with Gasteiger partial charge in [-0.3, -0.25) is 0 Å². The van der Waals surface area contributed by atoms with Gasteiger partial charge in [-0.05, 0) is 29.5 Å². The zero-order chi connectivity index (χ0) is 10.8. The number of halogens is 2. The fourth-order valence-electron chi connectivity index (χ4n) is 1.27. The predicted octanol–water partition coefficient (Wildman–Crippen LogP) is 2.74. The molecule has 80 valence electrons. The number of rotatable bonds is 3. The third kappa shape index (κ3) is 2.14. The van der Waals surface area contributed by atoms with Gasteiger partial charge in [-0.2, -0.15) is 0 Å². The summed E-state index contributed by atoms with van der Waals surface area (Å²) in [6.45, 7) is 2.01. The van der Waals surface area contributed by atoms with Crippen LogP contribution in [0.5, 0.6) is 0 Å². The highest BCUT2D eigenvalue weighted by Crippen LogP contribution is 2.28. The zero-order valence-electron chi connectivity index (χ0n) is 7.89. The van der Waals surface area contributed by atoms with Crippen molar-refractivity contribution in [3.05, 3.63) is 27.2 Å². The van der Waals surface area contributed by atoms with Crippen molar-refractivity contribution in [3.63, 3.8) is 0 Å². The van der Waals surface area contributed by atoms with Crippen molar-refractivity contribution in [2.45, 2.75) is 18.8 Å². The van der Waals surface area contributed by atoms with E-state index in [0.29, 0.717) is 11.7 Å². The monoisotopic (exact) mass is 262 g/mol. The lowest BCUT2D eigenvalue weighted by atomic mass is 10.3. The van der Waals surface area contributed by atoms with Crippen LogP contribution in [0.25, 0.3) is 0 Å². The summed E-state index contributed by atoms with van der Waals surface area (Å²) in [4.78, 5) is 1.11. The van der Waals surface area contributed by atoms with Crippen molar-refractivity contribution < 1.29 is 0 Å². The molecule has 7 heteroatoms. The Morgan fingerprint density at radius 3 is 2.93 bits per heavy atom. The van der Waals surface area contributed by atoms with Crippen LogP contribution in [0.3, 0.4) is 0 Å². The lowest BCUT2D eigenvalue weighted by Crippen LogP contribution is -2.10. The molecule has 2 aromatic heterocycles. The summed E-state index contributed by atoms with van der Waals surface area (Å²) in [5, 5.41) is 11.3. The second-order valence-electron chi connectivity index (χ2n) is 2.99. The maximum absolute atomic E-state index is 5.87. The van der Waals surface area contributed by atoms with Crippen molar-refractivity contribution in [1.29, 1.82) is 0 Å². The van der Waals surface area contributed by atoms with Crippen molar-refractivity contribution >= 4 is 34.5 Å². The molecule has 0 amide bonds. The lowest BCUT2D eigenvalue weighted by Gasteiger charge is -2.09. The minimum Gasteiger partial charge on any atom is -0.220 e. The van der Waals surface area contributed by atoms with E-state index >= 15 is 0 Å². The first-order chi connectivity index (χ1) is 7.22.